The first-order valence-electron chi connectivity index (χ1n) is 15.0. The van der Waals surface area contributed by atoms with Crippen molar-refractivity contribution < 1.29 is 28.2 Å². The van der Waals surface area contributed by atoms with Crippen molar-refractivity contribution in [1.82, 2.24) is 4.98 Å². The average Bonchev–Trinajstić information content (AvgIpc) is 2.99. The number of benzene rings is 1. The van der Waals surface area contributed by atoms with Gasteiger partial charge in [0.1, 0.15) is 23.2 Å². The number of fused-ring (bicyclic) bond motifs is 6. The Hall–Kier alpha value is -3.75. The third-order valence-corrected chi connectivity index (χ3v) is 10.4. The Labute approximate surface area is 251 Å². The number of carbonyl (C=O) groups excluding carboxylic acids is 1. The summed E-state index contributed by atoms with van der Waals surface area (Å²) in [5.41, 5.74) is 0.190. The Morgan fingerprint density at radius 3 is 2.58 bits per heavy atom. The van der Waals surface area contributed by atoms with Gasteiger partial charge >= 0.3 is 11.6 Å². The van der Waals surface area contributed by atoms with Crippen LogP contribution in [0, 0.1) is 16.7 Å². The summed E-state index contributed by atoms with van der Waals surface area (Å²) < 4.78 is 31.8. The molecule has 2 saturated carbocycles. The topological polar surface area (TPSA) is 97.1 Å². The van der Waals surface area contributed by atoms with Crippen LogP contribution in [0.5, 0.6) is 5.75 Å². The molecule has 2 aliphatic carbocycles. The maximum Gasteiger partial charge on any atom is 0.347 e. The van der Waals surface area contributed by atoms with E-state index in [-0.39, 0.29) is 22.9 Å². The minimum Gasteiger partial charge on any atom is -0.478 e. The monoisotopic (exact) mass is 583 g/mol. The maximum absolute atomic E-state index is 13.5. The fourth-order valence-corrected chi connectivity index (χ4v) is 8.09. The second-order valence-electron chi connectivity index (χ2n) is 13.5. The maximum atomic E-state index is 13.5. The highest BCUT2D eigenvalue weighted by Gasteiger charge is 2.67. The molecule has 43 heavy (non-hydrogen) atoms. The lowest BCUT2D eigenvalue weighted by atomic mass is 9.45. The van der Waals surface area contributed by atoms with Crippen molar-refractivity contribution in [1.29, 1.82) is 0 Å². The zero-order chi connectivity index (χ0) is 30.2. The summed E-state index contributed by atoms with van der Waals surface area (Å²) in [5, 5.41) is 0. The number of hydrogen-bond acceptors (Lipinski definition) is 8. The van der Waals surface area contributed by atoms with Crippen molar-refractivity contribution >= 4 is 12.0 Å². The van der Waals surface area contributed by atoms with Crippen LogP contribution in [0.15, 0.2) is 75.7 Å². The number of carbonyl (C=O) groups is 1. The molecule has 2 aromatic heterocycles. The van der Waals surface area contributed by atoms with E-state index in [9.17, 15) is 9.59 Å². The first-order valence-corrected chi connectivity index (χ1v) is 15.0. The van der Waals surface area contributed by atoms with Gasteiger partial charge in [-0.3, -0.25) is 4.98 Å². The Balaban J connectivity index is 1.36. The van der Waals surface area contributed by atoms with E-state index in [0.717, 1.165) is 18.4 Å². The van der Waals surface area contributed by atoms with E-state index in [4.69, 9.17) is 23.4 Å². The van der Waals surface area contributed by atoms with Crippen LogP contribution in [-0.2, 0) is 14.2 Å². The second kappa shape index (κ2) is 9.63. The smallest absolute Gasteiger partial charge is 0.347 e. The average molecular weight is 584 g/mol. The third-order valence-electron chi connectivity index (χ3n) is 10.4. The molecule has 8 nitrogen and oxygen atoms in total. The normalized spacial score (nSPS) is 33.9. The molecular weight excluding hydrogens is 546 g/mol. The highest BCUT2D eigenvalue weighted by atomic mass is 16.7. The zero-order valence-corrected chi connectivity index (χ0v) is 25.2. The summed E-state index contributed by atoms with van der Waals surface area (Å²) >= 11 is 0. The first-order chi connectivity index (χ1) is 20.4. The third kappa shape index (κ3) is 4.37. The van der Waals surface area contributed by atoms with Gasteiger partial charge in [-0.05, 0) is 87.3 Å². The van der Waals surface area contributed by atoms with Crippen LogP contribution in [0.2, 0.25) is 0 Å². The van der Waals surface area contributed by atoms with Gasteiger partial charge < -0.3 is 23.4 Å². The first kappa shape index (κ1) is 28.0. The molecule has 8 heteroatoms. The molecule has 224 valence electrons. The summed E-state index contributed by atoms with van der Waals surface area (Å²) in [6.45, 7) is 10.9. The van der Waals surface area contributed by atoms with Crippen LogP contribution in [0.3, 0.4) is 0 Å². The number of rotatable bonds is 3. The second-order valence-corrected chi connectivity index (χ2v) is 13.5. The van der Waals surface area contributed by atoms with Crippen molar-refractivity contribution in [3.8, 4) is 17.1 Å². The lowest BCUT2D eigenvalue weighted by Gasteiger charge is -2.65. The Morgan fingerprint density at radius 2 is 1.84 bits per heavy atom. The van der Waals surface area contributed by atoms with Crippen molar-refractivity contribution in [2.75, 3.05) is 6.61 Å². The highest BCUT2D eigenvalue weighted by molar-refractivity contribution is 5.89. The van der Waals surface area contributed by atoms with Gasteiger partial charge in [0, 0.05) is 29.4 Å². The molecule has 7 rings (SSSR count). The molecule has 6 atom stereocenters. The molecular formula is C35H37NO7. The van der Waals surface area contributed by atoms with Gasteiger partial charge in [-0.2, -0.15) is 0 Å². The van der Waals surface area contributed by atoms with Gasteiger partial charge in [-0.25, -0.2) is 9.59 Å². The lowest BCUT2D eigenvalue weighted by Crippen LogP contribution is -2.68. The minimum absolute atomic E-state index is 0.0198. The van der Waals surface area contributed by atoms with Gasteiger partial charge in [-0.1, -0.05) is 32.0 Å². The standard InChI is InChI=1S/C35H37NO7/c1-32(2)39-20-34(4)26-18-29(41-30(37)21-10-7-6-8-11-21)35(5)27(33(26,3)14-13-28(34)43-32)16-23-25(42-35)17-24(40-31(23)38)22-12-9-15-36-19-22/h6-12,15-17,19,26,28-29H,13-14,18,20H2,1-5H3/t26-,28?,29+,33+,34+,35+/m1/s1. The van der Waals surface area contributed by atoms with E-state index in [1.807, 2.05) is 51.1 Å². The van der Waals surface area contributed by atoms with Crippen molar-refractivity contribution in [3.63, 3.8) is 0 Å². The van der Waals surface area contributed by atoms with Crippen LogP contribution < -0.4 is 10.4 Å². The predicted molar refractivity (Wildman–Crippen MR) is 159 cm³/mol. The molecule has 1 unspecified atom stereocenters. The van der Waals surface area contributed by atoms with Gasteiger partial charge in [0.05, 0.1) is 18.3 Å². The number of esters is 1. The van der Waals surface area contributed by atoms with E-state index >= 15 is 0 Å². The molecule has 4 aliphatic rings. The van der Waals surface area contributed by atoms with E-state index in [2.05, 4.69) is 18.8 Å². The van der Waals surface area contributed by atoms with Gasteiger partial charge in [-0.15, -0.1) is 0 Å². The summed E-state index contributed by atoms with van der Waals surface area (Å²) in [5.74, 6) is -0.299. The number of pyridine rings is 1. The fraction of sp³-hybridized carbons (Fsp3) is 0.457. The number of aromatic nitrogens is 1. The van der Waals surface area contributed by atoms with Crippen LogP contribution >= 0.6 is 0 Å². The van der Waals surface area contributed by atoms with Gasteiger partial charge in [0.25, 0.3) is 0 Å². The van der Waals surface area contributed by atoms with E-state index in [1.165, 1.54) is 0 Å². The SMILES string of the molecule is CC1(C)OC[C@]2(C)C(CC[C@]3(C)C4=Cc5c(cc(-c6cccnc6)oc5=O)O[C@]4(C)[C@@H](OC(=O)c4ccccc4)C[C@H]32)O1. The molecule has 0 bridgehead atoms. The quantitative estimate of drug-likeness (QED) is 0.325. The molecule has 0 radical (unpaired) electrons. The molecule has 0 amide bonds. The van der Waals surface area contributed by atoms with E-state index in [0.29, 0.717) is 41.2 Å². The fourth-order valence-electron chi connectivity index (χ4n) is 8.09. The number of ether oxygens (including phenoxy) is 4. The van der Waals surface area contributed by atoms with Crippen LogP contribution in [0.25, 0.3) is 17.4 Å². The number of hydrogen-bond donors (Lipinski definition) is 0. The largest absolute Gasteiger partial charge is 0.478 e. The van der Waals surface area contributed by atoms with Crippen LogP contribution in [-0.4, -0.2) is 41.2 Å². The molecule has 2 aliphatic heterocycles. The van der Waals surface area contributed by atoms with E-state index in [1.54, 1.807) is 36.7 Å². The van der Waals surface area contributed by atoms with Gasteiger partial charge in [0.15, 0.2) is 11.4 Å². The van der Waals surface area contributed by atoms with Crippen LogP contribution in [0.4, 0.5) is 0 Å². The van der Waals surface area contributed by atoms with Crippen molar-refractivity contribution in [2.45, 2.75) is 77.5 Å². The lowest BCUT2D eigenvalue weighted by molar-refractivity contribution is -0.343. The molecule has 1 aromatic carbocycles. The molecule has 0 spiro atoms. The molecule has 1 saturated heterocycles. The van der Waals surface area contributed by atoms with Crippen molar-refractivity contribution in [3.05, 3.63) is 88.0 Å². The van der Waals surface area contributed by atoms with Gasteiger partial charge in [0.2, 0.25) is 0 Å². The van der Waals surface area contributed by atoms with Crippen molar-refractivity contribution in [2.24, 2.45) is 16.7 Å². The predicted octanol–water partition coefficient (Wildman–Crippen LogP) is 6.44. The minimum atomic E-state index is -1.03. The highest BCUT2D eigenvalue weighted by Crippen LogP contribution is 2.66. The van der Waals surface area contributed by atoms with Crippen LogP contribution in [0.1, 0.15) is 69.8 Å². The Kier molecular flexibility index (Phi) is 6.28. The molecule has 4 heterocycles. The zero-order valence-electron chi connectivity index (χ0n) is 25.2. The van der Waals surface area contributed by atoms with E-state index < -0.39 is 29.1 Å². The number of nitrogens with zero attached hydrogens (tertiary/aromatic N) is 1. The summed E-state index contributed by atoms with van der Waals surface area (Å²) in [6, 6.07) is 14.4. The molecule has 3 fully saturated rings. The summed E-state index contributed by atoms with van der Waals surface area (Å²) in [4.78, 5) is 31.2. The summed E-state index contributed by atoms with van der Waals surface area (Å²) in [7, 11) is 0. The summed E-state index contributed by atoms with van der Waals surface area (Å²) in [6.07, 6.45) is 6.79. The molecule has 0 N–H and O–H groups in total. The Bertz CT molecular complexity index is 1660. The molecule has 3 aromatic rings. The Morgan fingerprint density at radius 1 is 1.05 bits per heavy atom.